The molecule has 1 saturated heterocycles. The van der Waals surface area contributed by atoms with Gasteiger partial charge in [-0.25, -0.2) is 18.7 Å². The van der Waals surface area contributed by atoms with Gasteiger partial charge in [-0.2, -0.15) is 0 Å². The Morgan fingerprint density at radius 2 is 2.11 bits per heavy atom. The third-order valence-corrected chi connectivity index (χ3v) is 4.93. The molecular weight excluding hydrogens is 387 g/mol. The molecule has 9 nitrogen and oxygen atoms in total. The molecule has 1 aliphatic rings. The van der Waals surface area contributed by atoms with Crippen LogP contribution in [0.25, 0.3) is 11.0 Å². The first-order valence-electron chi connectivity index (χ1n) is 8.51. The fraction of sp³-hybridized carbons (Fsp3) is 0.412. The molecule has 1 N–H and O–H groups in total. The van der Waals surface area contributed by atoms with Crippen LogP contribution in [0.2, 0.25) is 0 Å². The van der Waals surface area contributed by atoms with Crippen molar-refractivity contribution >= 4 is 35.4 Å². The van der Waals surface area contributed by atoms with Gasteiger partial charge in [0, 0.05) is 38.3 Å². The average molecular weight is 410 g/mol. The molecule has 1 aliphatic heterocycles. The number of amides is 1. The number of aldehydes is 1. The molecule has 11 heteroatoms. The predicted molar refractivity (Wildman–Crippen MR) is 105 cm³/mol. The molecule has 0 unspecified atom stereocenters. The van der Waals surface area contributed by atoms with Gasteiger partial charge in [0.15, 0.2) is 11.5 Å². The van der Waals surface area contributed by atoms with Crippen molar-refractivity contribution in [2.45, 2.75) is 0 Å². The number of hydrogen-bond acceptors (Lipinski definition) is 8. The fourth-order valence-corrected chi connectivity index (χ4v) is 3.32. The summed E-state index contributed by atoms with van der Waals surface area (Å²) < 4.78 is 23.1. The van der Waals surface area contributed by atoms with Crippen LogP contribution in [-0.2, 0) is 9.59 Å². The molecular formula is C17H23FN6O3S. The first-order valence-corrected chi connectivity index (χ1v) is 9.24. The zero-order chi connectivity index (χ0) is 20.5. The van der Waals surface area contributed by atoms with Gasteiger partial charge in [-0.3, -0.25) is 8.77 Å². The van der Waals surface area contributed by atoms with Crippen LogP contribution in [0.5, 0.6) is 5.88 Å². The van der Waals surface area contributed by atoms with Crippen LogP contribution in [-0.4, -0.2) is 82.2 Å². The second-order valence-corrected chi connectivity index (χ2v) is 6.89. The normalized spacial score (nSPS) is 14.8. The van der Waals surface area contributed by atoms with E-state index in [0.29, 0.717) is 17.3 Å². The minimum Gasteiger partial charge on any atom is -0.480 e. The maximum Gasteiger partial charge on any atom is 0.243 e. The van der Waals surface area contributed by atoms with Gasteiger partial charge in [-0.05, 0) is 13.1 Å². The van der Waals surface area contributed by atoms with E-state index in [0.717, 1.165) is 32.3 Å². The van der Waals surface area contributed by atoms with Gasteiger partial charge < -0.3 is 19.7 Å². The standard InChI is InChI=1S/C12H16FN5OS.C5H7NO2/c1-16-3-5-17(6-4-16)20-18-7-9(13)10-11(18)14-8-15-12(10)19-2;1-2-5(8)6-3-4-7/h7-8H,3-6H2,1-2H3;2,4H,1,3H2,(H,6,8). The highest BCUT2D eigenvalue weighted by molar-refractivity contribution is 7.95. The fourth-order valence-electron chi connectivity index (χ4n) is 2.39. The van der Waals surface area contributed by atoms with Crippen molar-refractivity contribution in [1.82, 2.24) is 28.5 Å². The van der Waals surface area contributed by atoms with E-state index in [-0.39, 0.29) is 24.1 Å². The number of halogens is 1. The predicted octanol–water partition coefficient (Wildman–Crippen LogP) is 0.725. The Bertz CT molecular complexity index is 823. The van der Waals surface area contributed by atoms with Gasteiger partial charge in [0.2, 0.25) is 11.8 Å². The monoisotopic (exact) mass is 410 g/mol. The van der Waals surface area contributed by atoms with Crippen LogP contribution in [0.3, 0.4) is 0 Å². The first kappa shape index (κ1) is 21.8. The molecule has 2 aromatic rings. The SMILES string of the molecule is C=CC(=O)NCC=O.COc1ncnc2c1c(F)cn2SN1CCN(C)CC1. The van der Waals surface area contributed by atoms with E-state index in [1.165, 1.54) is 31.8 Å². The molecule has 1 amide bonds. The molecule has 0 aromatic carbocycles. The molecule has 0 spiro atoms. The lowest BCUT2D eigenvalue weighted by atomic mass is 10.4. The van der Waals surface area contributed by atoms with E-state index in [4.69, 9.17) is 4.74 Å². The number of likely N-dealkylation sites (N-methyl/N-ethyl adjacent to an activating group) is 1. The van der Waals surface area contributed by atoms with Crippen molar-refractivity contribution in [2.24, 2.45) is 0 Å². The summed E-state index contributed by atoms with van der Waals surface area (Å²) in [6.45, 7) is 7.13. The quantitative estimate of drug-likeness (QED) is 0.423. The summed E-state index contributed by atoms with van der Waals surface area (Å²) in [6.07, 6.45) is 4.55. The number of ether oxygens (including phenoxy) is 1. The number of aromatic nitrogens is 3. The number of rotatable bonds is 6. The van der Waals surface area contributed by atoms with Crippen LogP contribution in [0.4, 0.5) is 4.39 Å². The molecule has 0 saturated carbocycles. The summed E-state index contributed by atoms with van der Waals surface area (Å²) >= 11 is 1.47. The number of piperazine rings is 1. The third-order valence-electron chi connectivity index (χ3n) is 3.87. The number of hydrogen-bond donors (Lipinski definition) is 1. The zero-order valence-corrected chi connectivity index (χ0v) is 16.6. The maximum atomic E-state index is 14.0. The minimum atomic E-state index is -0.362. The Balaban J connectivity index is 0.000000300. The van der Waals surface area contributed by atoms with Crippen molar-refractivity contribution in [2.75, 3.05) is 46.9 Å². The maximum absolute atomic E-state index is 14.0. The minimum absolute atomic E-state index is 0.0604. The summed E-state index contributed by atoms with van der Waals surface area (Å²) in [6, 6.07) is 0. The van der Waals surface area contributed by atoms with Crippen molar-refractivity contribution in [1.29, 1.82) is 0 Å². The highest BCUT2D eigenvalue weighted by Gasteiger charge is 2.20. The van der Waals surface area contributed by atoms with E-state index in [9.17, 15) is 14.0 Å². The van der Waals surface area contributed by atoms with Gasteiger partial charge in [0.25, 0.3) is 0 Å². The highest BCUT2D eigenvalue weighted by atomic mass is 32.2. The van der Waals surface area contributed by atoms with E-state index in [2.05, 4.69) is 38.1 Å². The molecule has 0 bridgehead atoms. The molecule has 0 aliphatic carbocycles. The van der Waals surface area contributed by atoms with E-state index in [1.54, 1.807) is 3.97 Å². The Morgan fingerprint density at radius 3 is 2.71 bits per heavy atom. The summed E-state index contributed by atoms with van der Waals surface area (Å²) in [4.78, 5) is 30.1. The molecule has 152 valence electrons. The van der Waals surface area contributed by atoms with Crippen molar-refractivity contribution in [3.8, 4) is 5.88 Å². The average Bonchev–Trinajstić information content (AvgIpc) is 3.04. The van der Waals surface area contributed by atoms with Crippen molar-refractivity contribution in [3.63, 3.8) is 0 Å². The van der Waals surface area contributed by atoms with Gasteiger partial charge in [-0.15, -0.1) is 0 Å². The largest absolute Gasteiger partial charge is 0.480 e. The number of carbonyl (C=O) groups is 2. The number of methoxy groups -OCH3 is 1. The van der Waals surface area contributed by atoms with Crippen molar-refractivity contribution in [3.05, 3.63) is 31.0 Å². The van der Waals surface area contributed by atoms with Crippen LogP contribution < -0.4 is 10.1 Å². The molecule has 3 rings (SSSR count). The number of nitrogens with one attached hydrogen (secondary N) is 1. The number of fused-ring (bicyclic) bond motifs is 1. The summed E-state index contributed by atoms with van der Waals surface area (Å²) in [7, 11) is 3.58. The lowest BCUT2D eigenvalue weighted by Crippen LogP contribution is -2.41. The highest BCUT2D eigenvalue weighted by Crippen LogP contribution is 2.29. The topological polar surface area (TPSA) is 92.6 Å². The lowest BCUT2D eigenvalue weighted by molar-refractivity contribution is -0.118. The van der Waals surface area contributed by atoms with Crippen LogP contribution in [0, 0.1) is 5.82 Å². The second-order valence-electron chi connectivity index (χ2n) is 5.81. The second kappa shape index (κ2) is 10.7. The van der Waals surface area contributed by atoms with E-state index >= 15 is 0 Å². The molecule has 0 atom stereocenters. The van der Waals surface area contributed by atoms with Crippen molar-refractivity contribution < 1.29 is 18.7 Å². The Morgan fingerprint density at radius 1 is 1.39 bits per heavy atom. The molecule has 2 aromatic heterocycles. The summed E-state index contributed by atoms with van der Waals surface area (Å²) in [5.74, 6) is -0.415. The Kier molecular flexibility index (Phi) is 8.36. The zero-order valence-electron chi connectivity index (χ0n) is 15.8. The lowest BCUT2D eigenvalue weighted by Gasteiger charge is -2.31. The van der Waals surface area contributed by atoms with E-state index in [1.807, 2.05) is 0 Å². The van der Waals surface area contributed by atoms with Crippen LogP contribution in [0.1, 0.15) is 0 Å². The van der Waals surface area contributed by atoms with Gasteiger partial charge >= 0.3 is 0 Å². The number of nitrogens with zero attached hydrogens (tertiary/aromatic N) is 5. The van der Waals surface area contributed by atoms with Gasteiger partial charge in [0.05, 0.1) is 19.9 Å². The van der Waals surface area contributed by atoms with Gasteiger partial charge in [-0.1, -0.05) is 6.58 Å². The van der Waals surface area contributed by atoms with Crippen LogP contribution >= 0.6 is 12.1 Å². The summed E-state index contributed by atoms with van der Waals surface area (Å²) in [5.41, 5.74) is 0.540. The Hall–Kier alpha value is -2.50. The third kappa shape index (κ3) is 5.75. The molecule has 28 heavy (non-hydrogen) atoms. The summed E-state index contributed by atoms with van der Waals surface area (Å²) in [5, 5.41) is 2.59. The smallest absolute Gasteiger partial charge is 0.243 e. The Labute approximate surface area is 166 Å². The molecule has 0 radical (unpaired) electrons. The molecule has 1 fully saturated rings. The van der Waals surface area contributed by atoms with E-state index < -0.39 is 0 Å². The first-order chi connectivity index (χ1) is 13.5. The molecule has 3 heterocycles. The van der Waals surface area contributed by atoms with Crippen LogP contribution in [0.15, 0.2) is 25.2 Å². The number of carbonyl (C=O) groups excluding carboxylic acids is 2. The van der Waals surface area contributed by atoms with Gasteiger partial charge in [0.1, 0.15) is 18.0 Å².